The van der Waals surface area contributed by atoms with Gasteiger partial charge in [-0.1, -0.05) is 26.0 Å². The molecule has 0 spiro atoms. The first-order valence-electron chi connectivity index (χ1n) is 7.16. The van der Waals surface area contributed by atoms with Crippen molar-refractivity contribution < 1.29 is 4.74 Å². The molecule has 0 saturated carbocycles. The molecule has 0 aliphatic rings. The molecule has 0 bridgehead atoms. The third-order valence-electron chi connectivity index (χ3n) is 3.04. The van der Waals surface area contributed by atoms with Gasteiger partial charge in [-0.05, 0) is 25.0 Å². The van der Waals surface area contributed by atoms with E-state index in [9.17, 15) is 0 Å². The molecule has 0 aliphatic carbocycles. The van der Waals surface area contributed by atoms with E-state index in [1.807, 2.05) is 36.7 Å². The van der Waals surface area contributed by atoms with Crippen LogP contribution in [0.15, 0.2) is 36.7 Å². The van der Waals surface area contributed by atoms with Gasteiger partial charge < -0.3 is 14.6 Å². The van der Waals surface area contributed by atoms with E-state index in [0.29, 0.717) is 12.5 Å². The number of benzene rings is 1. The average molecular weight is 273 g/mol. The van der Waals surface area contributed by atoms with Crippen molar-refractivity contribution in [3.05, 3.63) is 42.5 Å². The summed E-state index contributed by atoms with van der Waals surface area (Å²) in [4.78, 5) is 4.37. The largest absolute Gasteiger partial charge is 0.491 e. The van der Waals surface area contributed by atoms with Crippen LogP contribution in [0.2, 0.25) is 0 Å². The van der Waals surface area contributed by atoms with Gasteiger partial charge in [0, 0.05) is 18.9 Å². The minimum absolute atomic E-state index is 0.516. The van der Waals surface area contributed by atoms with Crippen LogP contribution < -0.4 is 10.1 Å². The van der Waals surface area contributed by atoms with Gasteiger partial charge in [-0.25, -0.2) is 4.98 Å². The molecule has 0 fully saturated rings. The summed E-state index contributed by atoms with van der Waals surface area (Å²) in [6.45, 7) is 8.76. The van der Waals surface area contributed by atoms with E-state index in [1.54, 1.807) is 0 Å². The van der Waals surface area contributed by atoms with Crippen LogP contribution in [0.4, 0.5) is 5.69 Å². The summed E-state index contributed by atoms with van der Waals surface area (Å²) in [5.41, 5.74) is 1.01. The van der Waals surface area contributed by atoms with Crippen molar-refractivity contribution >= 4 is 5.69 Å². The van der Waals surface area contributed by atoms with Crippen molar-refractivity contribution in [2.45, 2.75) is 33.9 Å². The van der Waals surface area contributed by atoms with Crippen LogP contribution in [0.3, 0.4) is 0 Å². The lowest BCUT2D eigenvalue weighted by molar-refractivity contribution is 0.272. The van der Waals surface area contributed by atoms with Gasteiger partial charge in [0.2, 0.25) is 0 Å². The average Bonchev–Trinajstić information content (AvgIpc) is 2.91. The number of rotatable bonds is 7. The molecular formula is C16H23N3O. The Morgan fingerprint density at radius 3 is 2.85 bits per heavy atom. The number of nitrogens with one attached hydrogen (secondary N) is 1. The van der Waals surface area contributed by atoms with Crippen LogP contribution in [0.5, 0.6) is 5.75 Å². The second-order valence-corrected chi connectivity index (χ2v) is 5.18. The highest BCUT2D eigenvalue weighted by Crippen LogP contribution is 2.24. The zero-order valence-corrected chi connectivity index (χ0v) is 12.5. The second-order valence-electron chi connectivity index (χ2n) is 5.18. The van der Waals surface area contributed by atoms with E-state index in [4.69, 9.17) is 4.74 Å². The first kappa shape index (κ1) is 14.4. The van der Waals surface area contributed by atoms with Crippen molar-refractivity contribution in [1.29, 1.82) is 0 Å². The quantitative estimate of drug-likeness (QED) is 0.838. The van der Waals surface area contributed by atoms with E-state index in [0.717, 1.165) is 30.4 Å². The maximum Gasteiger partial charge on any atom is 0.142 e. The van der Waals surface area contributed by atoms with Crippen LogP contribution >= 0.6 is 0 Å². The Balaban J connectivity index is 2.02. The van der Waals surface area contributed by atoms with Crippen molar-refractivity contribution in [1.82, 2.24) is 9.55 Å². The molecular weight excluding hydrogens is 250 g/mol. The standard InChI is InChI=1S/C16H23N3O/c1-4-19-10-9-17-16(19)11-18-14-7-5-6-8-15(14)20-12-13(2)3/h5-10,13,18H,4,11-12H2,1-3H3. The Morgan fingerprint density at radius 1 is 1.30 bits per heavy atom. The Kier molecular flexibility index (Phi) is 5.04. The third-order valence-corrected chi connectivity index (χ3v) is 3.04. The number of nitrogens with zero attached hydrogens (tertiary/aromatic N) is 2. The normalized spacial score (nSPS) is 10.8. The maximum atomic E-state index is 5.84. The fourth-order valence-electron chi connectivity index (χ4n) is 1.96. The SMILES string of the molecule is CCn1ccnc1CNc1ccccc1OCC(C)C. The molecule has 0 unspecified atom stereocenters. The zero-order chi connectivity index (χ0) is 14.4. The molecule has 0 atom stereocenters. The van der Waals surface area contributed by atoms with Gasteiger partial charge in [0.1, 0.15) is 11.6 Å². The van der Waals surface area contributed by atoms with Gasteiger partial charge in [0.05, 0.1) is 18.8 Å². The molecule has 4 heteroatoms. The lowest BCUT2D eigenvalue weighted by Gasteiger charge is -2.14. The number of aromatic nitrogens is 2. The highest BCUT2D eigenvalue weighted by atomic mass is 16.5. The van der Waals surface area contributed by atoms with Crippen LogP contribution in [0.25, 0.3) is 0 Å². The number of anilines is 1. The molecule has 0 radical (unpaired) electrons. The van der Waals surface area contributed by atoms with Gasteiger partial charge in [-0.3, -0.25) is 0 Å². The molecule has 2 aromatic rings. The number of para-hydroxylation sites is 2. The molecule has 20 heavy (non-hydrogen) atoms. The van der Waals surface area contributed by atoms with E-state index in [-0.39, 0.29) is 0 Å². The summed E-state index contributed by atoms with van der Waals surface area (Å²) in [5, 5.41) is 3.41. The van der Waals surface area contributed by atoms with E-state index in [1.165, 1.54) is 0 Å². The summed E-state index contributed by atoms with van der Waals surface area (Å²) in [7, 11) is 0. The minimum atomic E-state index is 0.516. The Morgan fingerprint density at radius 2 is 2.10 bits per heavy atom. The fraction of sp³-hybridized carbons (Fsp3) is 0.438. The molecule has 108 valence electrons. The topological polar surface area (TPSA) is 39.1 Å². The minimum Gasteiger partial charge on any atom is -0.491 e. The Bertz CT molecular complexity index is 534. The lowest BCUT2D eigenvalue weighted by atomic mass is 10.2. The predicted octanol–water partition coefficient (Wildman–Crippen LogP) is 3.55. The van der Waals surface area contributed by atoms with E-state index in [2.05, 4.69) is 35.6 Å². The molecule has 0 aliphatic heterocycles. The first-order chi connectivity index (χ1) is 9.70. The Labute approximate surface area is 120 Å². The molecule has 1 aromatic heterocycles. The molecule has 2 rings (SSSR count). The summed E-state index contributed by atoms with van der Waals surface area (Å²) in [5.74, 6) is 2.45. The third kappa shape index (κ3) is 3.76. The number of hydrogen-bond acceptors (Lipinski definition) is 3. The second kappa shape index (κ2) is 6.98. The molecule has 4 nitrogen and oxygen atoms in total. The van der Waals surface area contributed by atoms with Crippen molar-refractivity contribution in [2.24, 2.45) is 5.92 Å². The van der Waals surface area contributed by atoms with Crippen molar-refractivity contribution in [3.8, 4) is 5.75 Å². The highest BCUT2D eigenvalue weighted by Gasteiger charge is 2.06. The van der Waals surface area contributed by atoms with Gasteiger partial charge >= 0.3 is 0 Å². The zero-order valence-electron chi connectivity index (χ0n) is 12.5. The first-order valence-corrected chi connectivity index (χ1v) is 7.16. The van der Waals surface area contributed by atoms with Gasteiger partial charge in [0.25, 0.3) is 0 Å². The van der Waals surface area contributed by atoms with Crippen molar-refractivity contribution in [2.75, 3.05) is 11.9 Å². The molecule has 0 saturated heterocycles. The maximum absolute atomic E-state index is 5.84. The van der Waals surface area contributed by atoms with Gasteiger partial charge in [-0.2, -0.15) is 0 Å². The molecule has 1 N–H and O–H groups in total. The lowest BCUT2D eigenvalue weighted by Crippen LogP contribution is -2.10. The summed E-state index contributed by atoms with van der Waals surface area (Å²) < 4.78 is 7.96. The summed E-state index contributed by atoms with van der Waals surface area (Å²) >= 11 is 0. The van der Waals surface area contributed by atoms with E-state index < -0.39 is 0 Å². The van der Waals surface area contributed by atoms with Crippen LogP contribution in [-0.2, 0) is 13.1 Å². The van der Waals surface area contributed by atoms with Crippen molar-refractivity contribution in [3.63, 3.8) is 0 Å². The molecule has 1 aromatic carbocycles. The van der Waals surface area contributed by atoms with Crippen LogP contribution in [0, 0.1) is 5.92 Å². The monoisotopic (exact) mass is 273 g/mol. The predicted molar refractivity (Wildman–Crippen MR) is 82.0 cm³/mol. The number of imidazole rings is 1. The Hall–Kier alpha value is -1.97. The number of aryl methyl sites for hydroxylation is 1. The summed E-state index contributed by atoms with van der Waals surface area (Å²) in [6, 6.07) is 8.04. The van der Waals surface area contributed by atoms with Gasteiger partial charge in [-0.15, -0.1) is 0 Å². The van der Waals surface area contributed by atoms with Gasteiger partial charge in [0.15, 0.2) is 0 Å². The van der Waals surface area contributed by atoms with Crippen LogP contribution in [-0.4, -0.2) is 16.2 Å². The smallest absolute Gasteiger partial charge is 0.142 e. The fourth-order valence-corrected chi connectivity index (χ4v) is 1.96. The van der Waals surface area contributed by atoms with E-state index >= 15 is 0 Å². The molecule has 1 heterocycles. The number of hydrogen-bond donors (Lipinski definition) is 1. The number of ether oxygens (including phenoxy) is 1. The molecule has 0 amide bonds. The van der Waals surface area contributed by atoms with Crippen LogP contribution in [0.1, 0.15) is 26.6 Å². The summed E-state index contributed by atoms with van der Waals surface area (Å²) in [6.07, 6.45) is 3.83. The highest BCUT2D eigenvalue weighted by molar-refractivity contribution is 5.56.